The highest BCUT2D eigenvalue weighted by Crippen LogP contribution is 2.25. The molecule has 1 aromatic carbocycles. The molecule has 1 N–H and O–H groups in total. The molecule has 3 rings (SSSR count). The van der Waals surface area contributed by atoms with E-state index in [1.807, 2.05) is 46.3 Å². The summed E-state index contributed by atoms with van der Waals surface area (Å²) in [7, 11) is 0. The summed E-state index contributed by atoms with van der Waals surface area (Å²) in [6.07, 6.45) is 5.02. The number of urea groups is 1. The Morgan fingerprint density at radius 2 is 2.45 bits per heavy atom. The van der Waals surface area contributed by atoms with Crippen molar-refractivity contribution in [3.8, 4) is 10.6 Å². The fourth-order valence-electron chi connectivity index (χ4n) is 2.69. The molecule has 0 unspecified atom stereocenters. The molecule has 0 bridgehead atoms. The molecule has 2 heterocycles. The molecule has 1 aromatic heterocycles. The van der Waals surface area contributed by atoms with E-state index >= 15 is 0 Å². The second-order valence-corrected chi connectivity index (χ2v) is 7.21. The molecule has 0 saturated carbocycles. The van der Waals surface area contributed by atoms with Gasteiger partial charge in [0.1, 0.15) is 5.01 Å². The lowest BCUT2D eigenvalue weighted by Gasteiger charge is -2.17. The van der Waals surface area contributed by atoms with Gasteiger partial charge in [-0.2, -0.15) is 11.8 Å². The quantitative estimate of drug-likeness (QED) is 0.919. The Labute approximate surface area is 138 Å². The maximum atomic E-state index is 12.4. The van der Waals surface area contributed by atoms with Crippen LogP contribution in [0.1, 0.15) is 6.42 Å². The SMILES string of the molecule is CSC[C@@H]1CCN(C(=O)Nc2cccc(-c3nccs3)c2)C1. The minimum Gasteiger partial charge on any atom is -0.324 e. The van der Waals surface area contributed by atoms with Gasteiger partial charge in [0.2, 0.25) is 0 Å². The van der Waals surface area contributed by atoms with Crippen LogP contribution in [0.4, 0.5) is 10.5 Å². The van der Waals surface area contributed by atoms with Gasteiger partial charge >= 0.3 is 6.03 Å². The van der Waals surface area contributed by atoms with Crippen LogP contribution >= 0.6 is 23.1 Å². The number of benzene rings is 1. The third kappa shape index (κ3) is 3.62. The molecule has 6 heteroatoms. The van der Waals surface area contributed by atoms with Crippen molar-refractivity contribution in [2.45, 2.75) is 6.42 Å². The van der Waals surface area contributed by atoms with Crippen molar-refractivity contribution in [3.63, 3.8) is 0 Å². The van der Waals surface area contributed by atoms with E-state index in [2.05, 4.69) is 16.6 Å². The molecule has 2 aromatic rings. The summed E-state index contributed by atoms with van der Waals surface area (Å²) < 4.78 is 0. The Balaban J connectivity index is 1.64. The third-order valence-electron chi connectivity index (χ3n) is 3.77. The zero-order chi connectivity index (χ0) is 15.4. The molecule has 1 fully saturated rings. The first kappa shape index (κ1) is 15.4. The normalized spacial score (nSPS) is 17.7. The number of nitrogens with one attached hydrogen (secondary N) is 1. The number of thiazole rings is 1. The maximum absolute atomic E-state index is 12.4. The Hall–Kier alpha value is -1.53. The van der Waals surface area contributed by atoms with E-state index in [0.717, 1.165) is 41.5 Å². The van der Waals surface area contributed by atoms with Crippen molar-refractivity contribution in [2.75, 3.05) is 30.4 Å². The average molecular weight is 333 g/mol. The van der Waals surface area contributed by atoms with Crippen molar-refractivity contribution in [2.24, 2.45) is 5.92 Å². The number of likely N-dealkylation sites (tertiary alicyclic amines) is 1. The number of aromatic nitrogens is 1. The summed E-state index contributed by atoms with van der Waals surface area (Å²) in [6, 6.07) is 7.86. The molecule has 2 amide bonds. The number of nitrogens with zero attached hydrogens (tertiary/aromatic N) is 2. The number of carbonyl (C=O) groups is 1. The number of rotatable bonds is 4. The van der Waals surface area contributed by atoms with Gasteiger partial charge in [-0.1, -0.05) is 12.1 Å². The molecule has 1 saturated heterocycles. The topological polar surface area (TPSA) is 45.2 Å². The van der Waals surface area contributed by atoms with Crippen LogP contribution in [0.3, 0.4) is 0 Å². The van der Waals surface area contributed by atoms with E-state index in [4.69, 9.17) is 0 Å². The second kappa shape index (κ2) is 7.15. The maximum Gasteiger partial charge on any atom is 0.321 e. The van der Waals surface area contributed by atoms with Crippen molar-refractivity contribution < 1.29 is 4.79 Å². The summed E-state index contributed by atoms with van der Waals surface area (Å²) in [4.78, 5) is 18.6. The van der Waals surface area contributed by atoms with E-state index in [0.29, 0.717) is 5.92 Å². The summed E-state index contributed by atoms with van der Waals surface area (Å²) >= 11 is 3.45. The minimum absolute atomic E-state index is 0.000100. The molecule has 1 atom stereocenters. The van der Waals surface area contributed by atoms with Gasteiger partial charge in [0.25, 0.3) is 0 Å². The van der Waals surface area contributed by atoms with Crippen LogP contribution in [0.15, 0.2) is 35.8 Å². The Morgan fingerprint density at radius 1 is 1.55 bits per heavy atom. The number of hydrogen-bond acceptors (Lipinski definition) is 4. The van der Waals surface area contributed by atoms with Crippen LogP contribution in [0.5, 0.6) is 0 Å². The van der Waals surface area contributed by atoms with Crippen LogP contribution in [-0.2, 0) is 0 Å². The third-order valence-corrected chi connectivity index (χ3v) is 5.40. The Morgan fingerprint density at radius 3 is 3.23 bits per heavy atom. The van der Waals surface area contributed by atoms with Crippen molar-refractivity contribution in [1.29, 1.82) is 0 Å². The minimum atomic E-state index is -0.000100. The highest BCUT2D eigenvalue weighted by molar-refractivity contribution is 7.98. The van der Waals surface area contributed by atoms with Gasteiger partial charge in [-0.3, -0.25) is 0 Å². The fraction of sp³-hybridized carbons (Fsp3) is 0.375. The number of thioether (sulfide) groups is 1. The van der Waals surface area contributed by atoms with Gasteiger partial charge in [-0.05, 0) is 36.5 Å². The number of hydrogen-bond donors (Lipinski definition) is 1. The van der Waals surface area contributed by atoms with Gasteiger partial charge < -0.3 is 10.2 Å². The summed E-state index contributed by atoms with van der Waals surface area (Å²) in [6.45, 7) is 1.71. The van der Waals surface area contributed by atoms with Gasteiger partial charge in [-0.15, -0.1) is 11.3 Å². The van der Waals surface area contributed by atoms with E-state index in [9.17, 15) is 4.79 Å². The molecule has 0 aliphatic carbocycles. The van der Waals surface area contributed by atoms with Crippen molar-refractivity contribution in [1.82, 2.24) is 9.88 Å². The second-order valence-electron chi connectivity index (χ2n) is 5.40. The predicted octanol–water partition coefficient (Wildman–Crippen LogP) is 4.03. The first-order chi connectivity index (χ1) is 10.8. The van der Waals surface area contributed by atoms with Crippen LogP contribution in [0, 0.1) is 5.92 Å². The lowest BCUT2D eigenvalue weighted by atomic mass is 10.2. The first-order valence-electron chi connectivity index (χ1n) is 7.31. The van der Waals surface area contributed by atoms with E-state index < -0.39 is 0 Å². The molecule has 1 aliphatic heterocycles. The molecular weight excluding hydrogens is 314 g/mol. The smallest absolute Gasteiger partial charge is 0.321 e. The molecule has 116 valence electrons. The van der Waals surface area contributed by atoms with Gasteiger partial charge in [0.15, 0.2) is 0 Å². The Kier molecular flexibility index (Phi) is 5.00. The molecule has 22 heavy (non-hydrogen) atoms. The lowest BCUT2D eigenvalue weighted by Crippen LogP contribution is -2.33. The van der Waals surface area contributed by atoms with Crippen LogP contribution in [-0.4, -0.2) is 41.0 Å². The van der Waals surface area contributed by atoms with E-state index in [1.165, 1.54) is 0 Å². The number of carbonyl (C=O) groups excluding carboxylic acids is 1. The highest BCUT2D eigenvalue weighted by Gasteiger charge is 2.25. The average Bonchev–Trinajstić information content (AvgIpc) is 3.19. The fourth-order valence-corrected chi connectivity index (χ4v) is 4.07. The van der Waals surface area contributed by atoms with Crippen molar-refractivity contribution in [3.05, 3.63) is 35.8 Å². The summed E-state index contributed by atoms with van der Waals surface area (Å²) in [5.41, 5.74) is 1.86. The lowest BCUT2D eigenvalue weighted by molar-refractivity contribution is 0.221. The number of anilines is 1. The zero-order valence-electron chi connectivity index (χ0n) is 12.5. The summed E-state index contributed by atoms with van der Waals surface area (Å²) in [5.74, 6) is 1.76. The molecule has 4 nitrogen and oxygen atoms in total. The van der Waals surface area contributed by atoms with Gasteiger partial charge in [0, 0.05) is 35.9 Å². The van der Waals surface area contributed by atoms with E-state index in [1.54, 1.807) is 17.5 Å². The van der Waals surface area contributed by atoms with Crippen LogP contribution in [0.2, 0.25) is 0 Å². The predicted molar refractivity (Wildman–Crippen MR) is 94.6 cm³/mol. The number of amides is 2. The van der Waals surface area contributed by atoms with Crippen LogP contribution < -0.4 is 5.32 Å². The monoisotopic (exact) mass is 333 g/mol. The van der Waals surface area contributed by atoms with Gasteiger partial charge in [0.05, 0.1) is 0 Å². The standard InChI is InChI=1S/C16H19N3OS2/c1-21-11-12-5-7-19(10-12)16(20)18-14-4-2-3-13(9-14)15-17-6-8-22-15/h2-4,6,8-9,12H,5,7,10-11H2,1H3,(H,18,20)/t12-/m1/s1. The Bertz CT molecular complexity index is 630. The largest absolute Gasteiger partial charge is 0.324 e. The molecular formula is C16H19N3OS2. The summed E-state index contributed by atoms with van der Waals surface area (Å²) in [5, 5.41) is 5.93. The molecule has 0 spiro atoms. The highest BCUT2D eigenvalue weighted by atomic mass is 32.2. The van der Waals surface area contributed by atoms with Crippen LogP contribution in [0.25, 0.3) is 10.6 Å². The molecule has 1 aliphatic rings. The first-order valence-corrected chi connectivity index (χ1v) is 9.58. The van der Waals surface area contributed by atoms with Gasteiger partial charge in [-0.25, -0.2) is 9.78 Å². The van der Waals surface area contributed by atoms with E-state index in [-0.39, 0.29) is 6.03 Å². The zero-order valence-corrected chi connectivity index (χ0v) is 14.1. The van der Waals surface area contributed by atoms with Crippen molar-refractivity contribution >= 4 is 34.8 Å². The molecule has 0 radical (unpaired) electrons.